The van der Waals surface area contributed by atoms with Gasteiger partial charge in [-0.05, 0) is 25.8 Å². The molecule has 1 aromatic heterocycles. The summed E-state index contributed by atoms with van der Waals surface area (Å²) in [6, 6.07) is 1.19. The van der Waals surface area contributed by atoms with Crippen LogP contribution in [0.3, 0.4) is 0 Å². The van der Waals surface area contributed by atoms with Crippen molar-refractivity contribution in [1.82, 2.24) is 9.88 Å². The summed E-state index contributed by atoms with van der Waals surface area (Å²) in [6.07, 6.45) is 2.04. The molecule has 0 spiro atoms. The van der Waals surface area contributed by atoms with Gasteiger partial charge < -0.3 is 15.3 Å². The number of aliphatic hydroxyl groups is 1. The van der Waals surface area contributed by atoms with Crippen molar-refractivity contribution in [2.75, 3.05) is 25.0 Å². The number of carbonyl (C=O) groups excluding carboxylic acids is 1. The van der Waals surface area contributed by atoms with Gasteiger partial charge in [-0.15, -0.1) is 0 Å². The third kappa shape index (κ3) is 3.20. The maximum atomic E-state index is 13.3. The van der Waals surface area contributed by atoms with Crippen LogP contribution in [0.1, 0.15) is 30.1 Å². The van der Waals surface area contributed by atoms with Crippen molar-refractivity contribution in [2.24, 2.45) is 0 Å². The molecule has 2 rings (SSSR count). The topological polar surface area (TPSA) is 65.5 Å². The lowest BCUT2D eigenvalue weighted by atomic mass is 10.1. The Labute approximate surface area is 111 Å². The first kappa shape index (κ1) is 13.7. The Morgan fingerprint density at radius 1 is 1.68 bits per heavy atom. The number of anilines is 1. The maximum absolute atomic E-state index is 13.3. The molecule has 6 heteroatoms. The first-order valence-electron chi connectivity index (χ1n) is 6.48. The zero-order chi connectivity index (χ0) is 13.8. The molecule has 0 saturated carbocycles. The summed E-state index contributed by atoms with van der Waals surface area (Å²) in [5, 5.41) is 12.6. The van der Waals surface area contributed by atoms with Gasteiger partial charge in [-0.25, -0.2) is 9.37 Å². The van der Waals surface area contributed by atoms with Gasteiger partial charge in [-0.2, -0.15) is 0 Å². The molecule has 2 N–H and O–H groups in total. The van der Waals surface area contributed by atoms with Crippen molar-refractivity contribution in [1.29, 1.82) is 0 Å². The van der Waals surface area contributed by atoms with E-state index in [4.69, 9.17) is 0 Å². The van der Waals surface area contributed by atoms with Crippen molar-refractivity contribution in [3.05, 3.63) is 23.6 Å². The molecule has 1 aliphatic rings. The van der Waals surface area contributed by atoms with Gasteiger partial charge in [-0.1, -0.05) is 0 Å². The van der Waals surface area contributed by atoms with Crippen LogP contribution < -0.4 is 5.32 Å². The van der Waals surface area contributed by atoms with Gasteiger partial charge in [0.25, 0.3) is 5.91 Å². The average molecular weight is 267 g/mol. The predicted molar refractivity (Wildman–Crippen MR) is 69.5 cm³/mol. The molecule has 0 radical (unpaired) electrons. The molecule has 1 saturated heterocycles. The fourth-order valence-electron chi connectivity index (χ4n) is 2.22. The van der Waals surface area contributed by atoms with E-state index in [1.54, 1.807) is 4.90 Å². The number of hydrogen-bond donors (Lipinski definition) is 2. The first-order valence-corrected chi connectivity index (χ1v) is 6.48. The maximum Gasteiger partial charge on any atom is 0.257 e. The predicted octanol–water partition coefficient (Wildman–Crippen LogP) is 1.25. The SMILES string of the molecule is CCNc1ncc(F)cc1C(=O)N1CCCC(O)C1. The van der Waals surface area contributed by atoms with Crippen molar-refractivity contribution in [2.45, 2.75) is 25.9 Å². The second kappa shape index (κ2) is 5.97. The lowest BCUT2D eigenvalue weighted by molar-refractivity contribution is 0.0474. The van der Waals surface area contributed by atoms with E-state index in [-0.39, 0.29) is 11.5 Å². The molecule has 0 aliphatic carbocycles. The molecule has 1 atom stereocenters. The van der Waals surface area contributed by atoms with Gasteiger partial charge in [0.1, 0.15) is 11.6 Å². The number of amides is 1. The molecule has 5 nitrogen and oxygen atoms in total. The Morgan fingerprint density at radius 2 is 2.47 bits per heavy atom. The molecular formula is C13H18FN3O2. The quantitative estimate of drug-likeness (QED) is 0.865. The Balaban J connectivity index is 2.24. The van der Waals surface area contributed by atoms with E-state index in [2.05, 4.69) is 10.3 Å². The van der Waals surface area contributed by atoms with E-state index in [1.165, 1.54) is 6.07 Å². The van der Waals surface area contributed by atoms with Crippen molar-refractivity contribution in [3.63, 3.8) is 0 Å². The number of nitrogens with zero attached hydrogens (tertiary/aromatic N) is 2. The van der Waals surface area contributed by atoms with Crippen LogP contribution in [0.2, 0.25) is 0 Å². The zero-order valence-corrected chi connectivity index (χ0v) is 10.9. The Morgan fingerprint density at radius 3 is 3.16 bits per heavy atom. The summed E-state index contributed by atoms with van der Waals surface area (Å²) in [5.41, 5.74) is 0.218. The minimum atomic E-state index is -0.539. The van der Waals surface area contributed by atoms with Crippen LogP contribution in [0, 0.1) is 5.82 Å². The fourth-order valence-corrected chi connectivity index (χ4v) is 2.22. The molecule has 1 unspecified atom stereocenters. The Kier molecular flexibility index (Phi) is 4.31. The number of nitrogens with one attached hydrogen (secondary N) is 1. The Hall–Kier alpha value is -1.69. The summed E-state index contributed by atoms with van der Waals surface area (Å²) in [4.78, 5) is 17.8. The number of piperidine rings is 1. The number of rotatable bonds is 3. The highest BCUT2D eigenvalue weighted by molar-refractivity contribution is 5.98. The second-order valence-corrected chi connectivity index (χ2v) is 4.63. The minimum Gasteiger partial charge on any atom is -0.391 e. The van der Waals surface area contributed by atoms with Gasteiger partial charge in [0, 0.05) is 19.6 Å². The third-order valence-electron chi connectivity index (χ3n) is 3.11. The molecular weight excluding hydrogens is 249 g/mol. The van der Waals surface area contributed by atoms with Crippen LogP contribution in [0.4, 0.5) is 10.2 Å². The monoisotopic (exact) mass is 267 g/mol. The fraction of sp³-hybridized carbons (Fsp3) is 0.538. The number of carbonyl (C=O) groups is 1. The highest BCUT2D eigenvalue weighted by Gasteiger charge is 2.25. The normalized spacial score (nSPS) is 19.3. The summed E-state index contributed by atoms with van der Waals surface area (Å²) >= 11 is 0. The van der Waals surface area contributed by atoms with E-state index >= 15 is 0 Å². The number of likely N-dealkylation sites (tertiary alicyclic amines) is 1. The average Bonchev–Trinajstić information content (AvgIpc) is 2.40. The van der Waals surface area contributed by atoms with Crippen LogP contribution in [-0.2, 0) is 0 Å². The number of hydrogen-bond acceptors (Lipinski definition) is 4. The van der Waals surface area contributed by atoms with E-state index in [9.17, 15) is 14.3 Å². The summed E-state index contributed by atoms with van der Waals surface area (Å²) in [7, 11) is 0. The number of aromatic nitrogens is 1. The third-order valence-corrected chi connectivity index (χ3v) is 3.11. The van der Waals surface area contributed by atoms with Crippen LogP contribution in [0.5, 0.6) is 0 Å². The van der Waals surface area contributed by atoms with Crippen LogP contribution >= 0.6 is 0 Å². The van der Waals surface area contributed by atoms with E-state index in [0.29, 0.717) is 31.9 Å². The smallest absolute Gasteiger partial charge is 0.257 e. The zero-order valence-electron chi connectivity index (χ0n) is 10.9. The van der Waals surface area contributed by atoms with Crippen molar-refractivity contribution < 1.29 is 14.3 Å². The van der Waals surface area contributed by atoms with Crippen LogP contribution in [0.25, 0.3) is 0 Å². The molecule has 0 bridgehead atoms. The molecule has 1 fully saturated rings. The number of halogens is 1. The van der Waals surface area contributed by atoms with Crippen molar-refractivity contribution >= 4 is 11.7 Å². The van der Waals surface area contributed by atoms with Gasteiger partial charge in [-0.3, -0.25) is 4.79 Å². The summed E-state index contributed by atoms with van der Waals surface area (Å²) in [6.45, 7) is 3.35. The standard InChI is InChI=1S/C13H18FN3O2/c1-2-15-12-11(6-9(14)7-16-12)13(19)17-5-3-4-10(18)8-17/h6-7,10,18H,2-5,8H2,1H3,(H,15,16). The minimum absolute atomic E-state index is 0.218. The number of aliphatic hydroxyl groups excluding tert-OH is 1. The summed E-state index contributed by atoms with van der Waals surface area (Å²) in [5.74, 6) is -0.446. The second-order valence-electron chi connectivity index (χ2n) is 4.63. The molecule has 1 aliphatic heterocycles. The van der Waals surface area contributed by atoms with Gasteiger partial charge >= 0.3 is 0 Å². The van der Waals surface area contributed by atoms with E-state index < -0.39 is 11.9 Å². The van der Waals surface area contributed by atoms with E-state index in [1.807, 2.05) is 6.92 Å². The van der Waals surface area contributed by atoms with Gasteiger partial charge in [0.05, 0.1) is 17.9 Å². The lowest BCUT2D eigenvalue weighted by Crippen LogP contribution is -2.42. The van der Waals surface area contributed by atoms with Gasteiger partial charge in [0.15, 0.2) is 0 Å². The summed E-state index contributed by atoms with van der Waals surface area (Å²) < 4.78 is 13.3. The molecule has 0 aromatic carbocycles. The molecule has 1 amide bonds. The largest absolute Gasteiger partial charge is 0.391 e. The lowest BCUT2D eigenvalue weighted by Gasteiger charge is -2.30. The number of β-amino-alcohol motifs (C(OH)–C–C–N with tert-alkyl or cyclic N) is 1. The number of pyridine rings is 1. The molecule has 104 valence electrons. The molecule has 1 aromatic rings. The molecule has 19 heavy (non-hydrogen) atoms. The Bertz CT molecular complexity index is 467. The van der Waals surface area contributed by atoms with Crippen molar-refractivity contribution in [3.8, 4) is 0 Å². The van der Waals surface area contributed by atoms with Gasteiger partial charge in [0.2, 0.25) is 0 Å². The van der Waals surface area contributed by atoms with E-state index in [0.717, 1.165) is 12.6 Å². The first-order chi connectivity index (χ1) is 9.11. The molecule has 2 heterocycles. The van der Waals surface area contributed by atoms with Crippen LogP contribution in [-0.4, -0.2) is 46.6 Å². The van der Waals surface area contributed by atoms with Crippen LogP contribution in [0.15, 0.2) is 12.3 Å². The highest BCUT2D eigenvalue weighted by atomic mass is 19.1. The highest BCUT2D eigenvalue weighted by Crippen LogP contribution is 2.19.